The lowest BCUT2D eigenvalue weighted by molar-refractivity contribution is -0.385. The summed E-state index contributed by atoms with van der Waals surface area (Å²) in [5.74, 6) is -0.432. The maximum Gasteiger partial charge on any atom is 0.307 e. The quantitative estimate of drug-likeness (QED) is 0.584. The van der Waals surface area contributed by atoms with E-state index in [1.54, 1.807) is 32.2 Å². The molecule has 0 aliphatic rings. The highest BCUT2D eigenvalue weighted by Gasteiger charge is 2.18. The van der Waals surface area contributed by atoms with Gasteiger partial charge < -0.3 is 9.88 Å². The number of amides is 1. The second-order valence-electron chi connectivity index (χ2n) is 5.27. The lowest BCUT2D eigenvalue weighted by atomic mass is 10.1. The Kier molecular flexibility index (Phi) is 3.90. The molecular formula is C16H13N3O4S. The normalized spacial score (nSPS) is 10.8. The second-order valence-corrected chi connectivity index (χ2v) is 6.26. The van der Waals surface area contributed by atoms with Gasteiger partial charge in [0.05, 0.1) is 15.1 Å². The van der Waals surface area contributed by atoms with Gasteiger partial charge in [0.15, 0.2) is 0 Å². The molecule has 0 saturated heterocycles. The fourth-order valence-electron chi connectivity index (χ4n) is 2.48. The van der Waals surface area contributed by atoms with Gasteiger partial charge in [-0.05, 0) is 31.2 Å². The largest absolute Gasteiger partial charge is 0.322 e. The van der Waals surface area contributed by atoms with Crippen molar-refractivity contribution < 1.29 is 9.72 Å². The number of nitro benzene ring substituents is 1. The highest BCUT2D eigenvalue weighted by atomic mass is 32.1. The van der Waals surface area contributed by atoms with Crippen molar-refractivity contribution in [1.82, 2.24) is 4.57 Å². The smallest absolute Gasteiger partial charge is 0.307 e. The predicted octanol–water partition coefficient (Wildman–Crippen LogP) is 3.07. The molecule has 0 unspecified atom stereocenters. The number of aryl methyl sites for hydroxylation is 1. The molecule has 1 heterocycles. The van der Waals surface area contributed by atoms with E-state index in [4.69, 9.17) is 0 Å². The Hall–Kier alpha value is -3.00. The van der Waals surface area contributed by atoms with E-state index >= 15 is 0 Å². The molecule has 3 rings (SSSR count). The van der Waals surface area contributed by atoms with Crippen LogP contribution in [0.5, 0.6) is 0 Å². The number of anilines is 1. The van der Waals surface area contributed by atoms with Crippen molar-refractivity contribution in [3.8, 4) is 0 Å². The summed E-state index contributed by atoms with van der Waals surface area (Å²) in [6.07, 6.45) is 0. The monoisotopic (exact) mass is 343 g/mol. The topological polar surface area (TPSA) is 94.2 Å². The third-order valence-corrected chi connectivity index (χ3v) is 4.79. The first kappa shape index (κ1) is 15.9. The third kappa shape index (κ3) is 2.67. The molecule has 0 aliphatic heterocycles. The van der Waals surface area contributed by atoms with Crippen LogP contribution in [0.1, 0.15) is 15.9 Å². The SMILES string of the molecule is Cc1c(C(=O)Nc2ccc3c(c2)sc(=O)n3C)cccc1[N+](=O)[O-]. The van der Waals surface area contributed by atoms with Crippen LogP contribution in [0.4, 0.5) is 11.4 Å². The summed E-state index contributed by atoms with van der Waals surface area (Å²) in [5.41, 5.74) is 1.77. The Bertz CT molecular complexity index is 1040. The number of thiazole rings is 1. The van der Waals surface area contributed by atoms with Crippen LogP contribution < -0.4 is 10.2 Å². The van der Waals surface area contributed by atoms with Crippen molar-refractivity contribution in [2.24, 2.45) is 7.05 Å². The highest BCUT2D eigenvalue weighted by molar-refractivity contribution is 7.16. The van der Waals surface area contributed by atoms with Crippen molar-refractivity contribution in [2.75, 3.05) is 5.32 Å². The van der Waals surface area contributed by atoms with Crippen molar-refractivity contribution in [3.63, 3.8) is 0 Å². The van der Waals surface area contributed by atoms with Gasteiger partial charge in [0, 0.05) is 29.9 Å². The Labute approximate surface area is 140 Å². The number of nitro groups is 1. The van der Waals surface area contributed by atoms with Crippen LogP contribution >= 0.6 is 11.3 Å². The summed E-state index contributed by atoms with van der Waals surface area (Å²) in [6.45, 7) is 1.54. The van der Waals surface area contributed by atoms with Crippen molar-refractivity contribution in [1.29, 1.82) is 0 Å². The number of nitrogens with zero attached hydrogens (tertiary/aromatic N) is 2. The van der Waals surface area contributed by atoms with Crippen molar-refractivity contribution in [3.05, 3.63) is 67.3 Å². The van der Waals surface area contributed by atoms with E-state index in [0.29, 0.717) is 11.3 Å². The first-order valence-corrected chi connectivity index (χ1v) is 7.85. The van der Waals surface area contributed by atoms with Crippen LogP contribution in [-0.2, 0) is 7.05 Å². The first-order valence-electron chi connectivity index (χ1n) is 7.03. The van der Waals surface area contributed by atoms with Gasteiger partial charge in [0.25, 0.3) is 11.6 Å². The molecule has 1 N–H and O–H groups in total. The fraction of sp³-hybridized carbons (Fsp3) is 0.125. The standard InChI is InChI=1S/C16H13N3O4S/c1-9-11(4-3-5-12(9)19(22)23)15(20)17-10-6-7-13-14(8-10)24-16(21)18(13)2/h3-8H,1-2H3,(H,17,20). The Morgan fingerprint density at radius 1 is 1.29 bits per heavy atom. The highest BCUT2D eigenvalue weighted by Crippen LogP contribution is 2.24. The van der Waals surface area contributed by atoms with E-state index in [1.807, 2.05) is 0 Å². The number of benzene rings is 2. The summed E-state index contributed by atoms with van der Waals surface area (Å²) in [5, 5.41) is 13.7. The molecule has 0 spiro atoms. The molecule has 0 bridgehead atoms. The van der Waals surface area contributed by atoms with E-state index in [0.717, 1.165) is 21.6 Å². The van der Waals surface area contributed by atoms with E-state index in [2.05, 4.69) is 5.32 Å². The van der Waals surface area contributed by atoms with Crippen LogP contribution in [0.3, 0.4) is 0 Å². The van der Waals surface area contributed by atoms with Gasteiger partial charge in [0.2, 0.25) is 0 Å². The van der Waals surface area contributed by atoms with E-state index in [9.17, 15) is 19.7 Å². The first-order chi connectivity index (χ1) is 11.4. The fourth-order valence-corrected chi connectivity index (χ4v) is 3.40. The average molecular weight is 343 g/mol. The zero-order valence-corrected chi connectivity index (χ0v) is 13.7. The minimum atomic E-state index is -0.514. The molecule has 2 aromatic carbocycles. The maximum absolute atomic E-state index is 12.4. The molecule has 0 fully saturated rings. The van der Waals surface area contributed by atoms with Crippen LogP contribution in [0.2, 0.25) is 0 Å². The lowest BCUT2D eigenvalue weighted by Gasteiger charge is -2.08. The molecule has 7 nitrogen and oxygen atoms in total. The molecule has 24 heavy (non-hydrogen) atoms. The number of fused-ring (bicyclic) bond motifs is 1. The van der Waals surface area contributed by atoms with Crippen molar-refractivity contribution >= 4 is 38.8 Å². The molecule has 1 aromatic heterocycles. The van der Waals surface area contributed by atoms with Gasteiger partial charge in [-0.3, -0.25) is 19.7 Å². The Balaban J connectivity index is 1.94. The molecular weight excluding hydrogens is 330 g/mol. The predicted molar refractivity (Wildman–Crippen MR) is 92.9 cm³/mol. The number of carbonyl (C=O) groups excluding carboxylic acids is 1. The number of hydrogen-bond acceptors (Lipinski definition) is 5. The summed E-state index contributed by atoms with van der Waals surface area (Å²) >= 11 is 1.09. The molecule has 8 heteroatoms. The Morgan fingerprint density at radius 2 is 2.04 bits per heavy atom. The summed E-state index contributed by atoms with van der Waals surface area (Å²) < 4.78 is 2.30. The van der Waals surface area contributed by atoms with Gasteiger partial charge >= 0.3 is 4.87 Å². The molecule has 1 amide bonds. The molecule has 0 saturated carbocycles. The van der Waals surface area contributed by atoms with Crippen LogP contribution in [0.25, 0.3) is 10.2 Å². The van der Waals surface area contributed by atoms with Crippen LogP contribution in [0, 0.1) is 17.0 Å². The number of carbonyl (C=O) groups is 1. The van der Waals surface area contributed by atoms with Gasteiger partial charge in [-0.2, -0.15) is 0 Å². The minimum absolute atomic E-state index is 0.0806. The molecule has 122 valence electrons. The van der Waals surface area contributed by atoms with Crippen LogP contribution in [-0.4, -0.2) is 15.4 Å². The third-order valence-electron chi connectivity index (χ3n) is 3.80. The van der Waals surface area contributed by atoms with E-state index < -0.39 is 10.8 Å². The summed E-state index contributed by atoms with van der Waals surface area (Å²) in [4.78, 5) is 34.5. The number of hydrogen-bond donors (Lipinski definition) is 1. The summed E-state index contributed by atoms with van der Waals surface area (Å²) in [6, 6.07) is 9.54. The zero-order chi connectivity index (χ0) is 17.4. The zero-order valence-electron chi connectivity index (χ0n) is 12.9. The van der Waals surface area contributed by atoms with Gasteiger partial charge in [-0.15, -0.1) is 0 Å². The number of nitrogens with one attached hydrogen (secondary N) is 1. The van der Waals surface area contributed by atoms with Crippen molar-refractivity contribution in [2.45, 2.75) is 6.92 Å². The van der Waals surface area contributed by atoms with Crippen LogP contribution in [0.15, 0.2) is 41.2 Å². The summed E-state index contributed by atoms with van der Waals surface area (Å²) in [7, 11) is 1.69. The molecule has 0 radical (unpaired) electrons. The molecule has 0 atom stereocenters. The van der Waals surface area contributed by atoms with E-state index in [-0.39, 0.29) is 16.1 Å². The van der Waals surface area contributed by atoms with E-state index in [1.165, 1.54) is 22.8 Å². The second kappa shape index (κ2) is 5.89. The number of aromatic nitrogens is 1. The lowest BCUT2D eigenvalue weighted by Crippen LogP contribution is -2.14. The van der Waals surface area contributed by atoms with Gasteiger partial charge in [-0.1, -0.05) is 17.4 Å². The average Bonchev–Trinajstić information content (AvgIpc) is 2.81. The minimum Gasteiger partial charge on any atom is -0.322 e. The maximum atomic E-state index is 12.4. The van der Waals surface area contributed by atoms with Gasteiger partial charge in [0.1, 0.15) is 0 Å². The number of rotatable bonds is 3. The molecule has 0 aliphatic carbocycles. The Morgan fingerprint density at radius 3 is 2.75 bits per heavy atom. The van der Waals surface area contributed by atoms with Gasteiger partial charge in [-0.25, -0.2) is 0 Å². The molecule has 3 aromatic rings.